The van der Waals surface area contributed by atoms with Crippen molar-refractivity contribution >= 4 is 11.9 Å². The third-order valence-corrected chi connectivity index (χ3v) is 4.57. The van der Waals surface area contributed by atoms with E-state index < -0.39 is 17.5 Å². The number of amides is 1. The lowest BCUT2D eigenvalue weighted by molar-refractivity contribution is -0.0809. The van der Waals surface area contributed by atoms with Crippen LogP contribution in [-0.4, -0.2) is 39.9 Å². The van der Waals surface area contributed by atoms with Crippen LogP contribution in [0.5, 0.6) is 0 Å². The molecule has 0 saturated carbocycles. The van der Waals surface area contributed by atoms with Gasteiger partial charge < -0.3 is 15.2 Å². The number of nitrogens with one attached hydrogen (secondary N) is 1. The molecule has 1 aromatic heterocycles. The Morgan fingerprint density at radius 2 is 2.08 bits per heavy atom. The van der Waals surface area contributed by atoms with Gasteiger partial charge in [0.25, 0.3) is 5.91 Å². The van der Waals surface area contributed by atoms with Crippen molar-refractivity contribution in [3.8, 4) is 0 Å². The number of nitrogens with zero attached hydrogens (tertiary/aromatic N) is 2. The Bertz CT molecular complexity index is 764. The van der Waals surface area contributed by atoms with E-state index >= 15 is 0 Å². The zero-order valence-electron chi connectivity index (χ0n) is 14.1. The lowest BCUT2D eigenvalue weighted by Crippen LogP contribution is -2.45. The van der Waals surface area contributed by atoms with Crippen LogP contribution in [0.2, 0.25) is 0 Å². The fraction of sp³-hybridized carbons (Fsp3) is 0.389. The normalized spacial score (nSPS) is 20.2. The number of carboxylic acid groups (broad SMARTS) is 1. The summed E-state index contributed by atoms with van der Waals surface area (Å²) in [5.41, 5.74) is 0.347. The molecule has 25 heavy (non-hydrogen) atoms. The van der Waals surface area contributed by atoms with Crippen molar-refractivity contribution in [2.45, 2.75) is 24.9 Å². The zero-order chi connectivity index (χ0) is 17.9. The minimum Gasteiger partial charge on any atom is -0.478 e. The summed E-state index contributed by atoms with van der Waals surface area (Å²) in [5.74, 6) is -1.65. The second-order valence-corrected chi connectivity index (χ2v) is 6.18. The Labute approximate surface area is 145 Å². The molecule has 1 atom stereocenters. The van der Waals surface area contributed by atoms with Crippen LogP contribution in [0, 0.1) is 0 Å². The first-order chi connectivity index (χ1) is 12.0. The van der Waals surface area contributed by atoms with E-state index in [1.54, 1.807) is 7.05 Å². The molecule has 2 N–H and O–H groups in total. The van der Waals surface area contributed by atoms with Crippen molar-refractivity contribution < 1.29 is 19.4 Å². The molecule has 1 unspecified atom stereocenters. The predicted octanol–water partition coefficient (Wildman–Crippen LogP) is 1.94. The molecule has 7 nitrogen and oxygen atoms in total. The van der Waals surface area contributed by atoms with Crippen LogP contribution in [0.4, 0.5) is 0 Å². The largest absolute Gasteiger partial charge is 0.478 e. The van der Waals surface area contributed by atoms with E-state index in [9.17, 15) is 14.7 Å². The van der Waals surface area contributed by atoms with Gasteiger partial charge >= 0.3 is 5.97 Å². The summed E-state index contributed by atoms with van der Waals surface area (Å²) in [4.78, 5) is 23.8. The van der Waals surface area contributed by atoms with Crippen LogP contribution < -0.4 is 5.32 Å². The van der Waals surface area contributed by atoms with Gasteiger partial charge in [0.1, 0.15) is 16.9 Å². The predicted molar refractivity (Wildman–Crippen MR) is 90.4 cm³/mol. The maximum atomic E-state index is 12.6. The molecule has 0 radical (unpaired) electrons. The van der Waals surface area contributed by atoms with Gasteiger partial charge in [-0.2, -0.15) is 5.10 Å². The fourth-order valence-electron chi connectivity index (χ4n) is 3.23. The summed E-state index contributed by atoms with van der Waals surface area (Å²) < 4.78 is 7.35. The molecule has 0 aliphatic carbocycles. The molecule has 1 saturated heterocycles. The van der Waals surface area contributed by atoms with Gasteiger partial charge in [-0.05, 0) is 24.8 Å². The molecule has 132 valence electrons. The third kappa shape index (κ3) is 3.41. The highest BCUT2D eigenvalue weighted by molar-refractivity contribution is 6.03. The van der Waals surface area contributed by atoms with Crippen molar-refractivity contribution in [1.82, 2.24) is 15.1 Å². The van der Waals surface area contributed by atoms with E-state index in [2.05, 4.69) is 10.4 Å². The van der Waals surface area contributed by atoms with Gasteiger partial charge in [0, 0.05) is 13.7 Å². The van der Waals surface area contributed by atoms with E-state index in [-0.39, 0.29) is 17.8 Å². The lowest BCUT2D eigenvalue weighted by Gasteiger charge is -2.38. The highest BCUT2D eigenvalue weighted by atomic mass is 16.5. The minimum atomic E-state index is -1.18. The number of aromatic carboxylic acids is 1. The number of rotatable bonds is 5. The summed E-state index contributed by atoms with van der Waals surface area (Å²) >= 11 is 0. The summed E-state index contributed by atoms with van der Waals surface area (Å²) in [7, 11) is 1.55. The van der Waals surface area contributed by atoms with Crippen LogP contribution in [0.3, 0.4) is 0 Å². The molecule has 1 aliphatic rings. The minimum absolute atomic E-state index is 0.0338. The van der Waals surface area contributed by atoms with E-state index in [0.717, 1.165) is 24.8 Å². The number of hydrogen-bond acceptors (Lipinski definition) is 4. The number of carbonyl (C=O) groups is 2. The Balaban J connectivity index is 1.81. The molecular weight excluding hydrogens is 322 g/mol. The monoisotopic (exact) mass is 343 g/mol. The first kappa shape index (κ1) is 17.2. The Morgan fingerprint density at radius 3 is 2.72 bits per heavy atom. The highest BCUT2D eigenvalue weighted by Gasteiger charge is 2.36. The number of aryl methyl sites for hydroxylation is 1. The van der Waals surface area contributed by atoms with Crippen LogP contribution in [0.15, 0.2) is 36.5 Å². The second kappa shape index (κ2) is 7.06. The number of ether oxygens (including phenoxy) is 1. The molecule has 0 spiro atoms. The number of hydrogen-bond donors (Lipinski definition) is 2. The Morgan fingerprint density at radius 1 is 1.32 bits per heavy atom. The highest BCUT2D eigenvalue weighted by Crippen LogP contribution is 2.34. The molecule has 2 aromatic rings. The number of carbonyl (C=O) groups excluding carboxylic acids is 1. The molecule has 1 fully saturated rings. The van der Waals surface area contributed by atoms with Crippen molar-refractivity contribution in [1.29, 1.82) is 0 Å². The van der Waals surface area contributed by atoms with Gasteiger partial charge in [0.15, 0.2) is 0 Å². The van der Waals surface area contributed by atoms with Crippen molar-refractivity contribution in [3.63, 3.8) is 0 Å². The first-order valence-corrected chi connectivity index (χ1v) is 8.26. The Kier molecular flexibility index (Phi) is 4.85. The second-order valence-electron chi connectivity index (χ2n) is 6.18. The van der Waals surface area contributed by atoms with Gasteiger partial charge in [-0.1, -0.05) is 30.3 Å². The van der Waals surface area contributed by atoms with Gasteiger partial charge in [-0.25, -0.2) is 4.79 Å². The quantitative estimate of drug-likeness (QED) is 0.865. The third-order valence-electron chi connectivity index (χ3n) is 4.57. The van der Waals surface area contributed by atoms with Crippen LogP contribution >= 0.6 is 0 Å². The van der Waals surface area contributed by atoms with E-state index in [1.807, 2.05) is 30.3 Å². The maximum Gasteiger partial charge on any atom is 0.339 e. The Hall–Kier alpha value is -2.67. The number of carboxylic acids is 1. The van der Waals surface area contributed by atoms with Gasteiger partial charge in [-0.3, -0.25) is 9.48 Å². The molecule has 3 rings (SSSR count). The summed E-state index contributed by atoms with van der Waals surface area (Å²) in [5, 5.41) is 15.9. The van der Waals surface area contributed by atoms with Crippen molar-refractivity contribution in [2.75, 3.05) is 13.2 Å². The SMILES string of the molecule is Cn1ncc(C(=O)O)c1C(=O)NCC1(c2ccccc2)CCCCO1. The molecule has 7 heteroatoms. The average Bonchev–Trinajstić information content (AvgIpc) is 3.03. The standard InChI is InChI=1S/C18H21N3O4/c1-21-15(14(11-20-21)17(23)24)16(22)19-12-18(9-5-6-10-25-18)13-7-3-2-4-8-13/h2-4,7-8,11H,5-6,9-10,12H2,1H3,(H,19,22)(H,23,24). The van der Waals surface area contributed by atoms with E-state index in [0.29, 0.717) is 6.61 Å². The van der Waals surface area contributed by atoms with Crippen molar-refractivity contribution in [3.05, 3.63) is 53.3 Å². The van der Waals surface area contributed by atoms with Crippen LogP contribution in [-0.2, 0) is 17.4 Å². The maximum absolute atomic E-state index is 12.6. The van der Waals surface area contributed by atoms with Crippen LogP contribution in [0.1, 0.15) is 45.7 Å². The zero-order valence-corrected chi connectivity index (χ0v) is 14.1. The first-order valence-electron chi connectivity index (χ1n) is 8.26. The van der Waals surface area contributed by atoms with Crippen LogP contribution in [0.25, 0.3) is 0 Å². The number of aromatic nitrogens is 2. The summed E-state index contributed by atoms with van der Waals surface area (Å²) in [6, 6.07) is 9.81. The fourth-order valence-corrected chi connectivity index (χ4v) is 3.23. The number of benzene rings is 1. The molecule has 1 amide bonds. The summed E-state index contributed by atoms with van der Waals surface area (Å²) in [6.07, 6.45) is 3.99. The summed E-state index contributed by atoms with van der Waals surface area (Å²) in [6.45, 7) is 0.914. The molecule has 1 aromatic carbocycles. The molecule has 0 bridgehead atoms. The molecular formula is C18H21N3O4. The molecule has 2 heterocycles. The van der Waals surface area contributed by atoms with Gasteiger partial charge in [-0.15, -0.1) is 0 Å². The smallest absolute Gasteiger partial charge is 0.339 e. The lowest BCUT2D eigenvalue weighted by atomic mass is 9.86. The topological polar surface area (TPSA) is 93.5 Å². The van der Waals surface area contributed by atoms with Crippen molar-refractivity contribution in [2.24, 2.45) is 7.05 Å². The average molecular weight is 343 g/mol. The van der Waals surface area contributed by atoms with Gasteiger partial charge in [0.05, 0.1) is 12.7 Å². The molecule has 1 aliphatic heterocycles. The van der Waals surface area contributed by atoms with Gasteiger partial charge in [0.2, 0.25) is 0 Å². The van der Waals surface area contributed by atoms with E-state index in [4.69, 9.17) is 4.74 Å². The van der Waals surface area contributed by atoms with E-state index in [1.165, 1.54) is 10.9 Å².